The number of nitrogens with zero attached hydrogens (tertiary/aromatic N) is 2. The van der Waals surface area contributed by atoms with Gasteiger partial charge in [-0.15, -0.1) is 0 Å². The molecular weight excluding hydrogens is 270 g/mol. The Morgan fingerprint density at radius 1 is 1.35 bits per heavy atom. The molecule has 0 bridgehead atoms. The minimum atomic E-state index is 0.712. The molecule has 3 rings (SSSR count). The summed E-state index contributed by atoms with van der Waals surface area (Å²) in [6.45, 7) is 5.05. The number of pyridine rings is 1. The van der Waals surface area contributed by atoms with Gasteiger partial charge in [0.15, 0.2) is 0 Å². The second-order valence-corrected chi connectivity index (χ2v) is 6.42. The van der Waals surface area contributed by atoms with Crippen LogP contribution in [0.2, 0.25) is 5.02 Å². The van der Waals surface area contributed by atoms with E-state index < -0.39 is 0 Å². The molecular formula is C16H24ClN3. The molecule has 1 saturated heterocycles. The lowest BCUT2D eigenvalue weighted by atomic mass is 9.92. The Bertz CT molecular complexity index is 463. The smallest absolute Gasteiger partial charge is 0.129 e. The fraction of sp³-hybridized carbons (Fsp3) is 0.688. The van der Waals surface area contributed by atoms with Crippen LogP contribution in [-0.4, -0.2) is 24.1 Å². The molecule has 3 nitrogen and oxygen atoms in total. The second kappa shape index (κ2) is 6.31. The Labute approximate surface area is 126 Å². The SMILES string of the molecule is CCNCc1cc(N2CCCC3CCCC32)ncc1Cl. The maximum atomic E-state index is 6.26. The minimum Gasteiger partial charge on any atom is -0.353 e. The molecule has 1 N–H and O–H groups in total. The fourth-order valence-electron chi connectivity index (χ4n) is 3.76. The third-order valence-corrected chi connectivity index (χ3v) is 5.11. The van der Waals surface area contributed by atoms with Crippen molar-refractivity contribution in [1.29, 1.82) is 0 Å². The standard InChI is InChI=1S/C16H24ClN3/c1-2-18-10-13-9-16(19-11-14(13)17)20-8-4-6-12-5-3-7-15(12)20/h9,11-12,15,18H,2-8,10H2,1H3. The third kappa shape index (κ3) is 2.79. The number of halogens is 1. The number of piperidine rings is 1. The van der Waals surface area contributed by atoms with Crippen LogP contribution in [0.5, 0.6) is 0 Å². The Morgan fingerprint density at radius 2 is 2.20 bits per heavy atom. The van der Waals surface area contributed by atoms with Crippen molar-refractivity contribution in [2.24, 2.45) is 5.92 Å². The number of rotatable bonds is 4. The van der Waals surface area contributed by atoms with Crippen LogP contribution in [0, 0.1) is 5.92 Å². The van der Waals surface area contributed by atoms with Crippen molar-refractivity contribution in [3.05, 3.63) is 22.8 Å². The number of aromatic nitrogens is 1. The molecule has 1 aliphatic heterocycles. The summed E-state index contributed by atoms with van der Waals surface area (Å²) in [5.74, 6) is 2.01. The Hall–Kier alpha value is -0.800. The summed E-state index contributed by atoms with van der Waals surface area (Å²) >= 11 is 6.26. The average Bonchev–Trinajstić information content (AvgIpc) is 2.95. The summed E-state index contributed by atoms with van der Waals surface area (Å²) in [4.78, 5) is 7.13. The lowest BCUT2D eigenvalue weighted by molar-refractivity contribution is 0.360. The molecule has 20 heavy (non-hydrogen) atoms. The predicted octanol–water partition coefficient (Wildman–Crippen LogP) is 3.61. The van der Waals surface area contributed by atoms with Crippen LogP contribution in [0.1, 0.15) is 44.6 Å². The first-order valence-electron chi connectivity index (χ1n) is 7.91. The van der Waals surface area contributed by atoms with E-state index in [1.807, 2.05) is 6.20 Å². The number of anilines is 1. The zero-order valence-corrected chi connectivity index (χ0v) is 13.0. The maximum Gasteiger partial charge on any atom is 0.129 e. The van der Waals surface area contributed by atoms with Gasteiger partial charge in [-0.05, 0) is 49.8 Å². The lowest BCUT2D eigenvalue weighted by Crippen LogP contribution is -2.43. The van der Waals surface area contributed by atoms with Gasteiger partial charge in [0.05, 0.1) is 5.02 Å². The number of hydrogen-bond acceptors (Lipinski definition) is 3. The van der Waals surface area contributed by atoms with Gasteiger partial charge in [0.2, 0.25) is 0 Å². The van der Waals surface area contributed by atoms with E-state index in [-0.39, 0.29) is 0 Å². The number of fused-ring (bicyclic) bond motifs is 1. The quantitative estimate of drug-likeness (QED) is 0.919. The molecule has 1 saturated carbocycles. The highest BCUT2D eigenvalue weighted by Crippen LogP contribution is 2.38. The van der Waals surface area contributed by atoms with E-state index in [0.717, 1.165) is 36.4 Å². The maximum absolute atomic E-state index is 6.26. The molecule has 2 fully saturated rings. The first kappa shape index (κ1) is 14.2. The highest BCUT2D eigenvalue weighted by molar-refractivity contribution is 6.31. The summed E-state index contributed by atoms with van der Waals surface area (Å²) in [5.41, 5.74) is 1.17. The highest BCUT2D eigenvalue weighted by atomic mass is 35.5. The molecule has 2 unspecified atom stereocenters. The summed E-state index contributed by atoms with van der Waals surface area (Å²) < 4.78 is 0. The van der Waals surface area contributed by atoms with Crippen molar-refractivity contribution in [1.82, 2.24) is 10.3 Å². The van der Waals surface area contributed by atoms with E-state index in [4.69, 9.17) is 11.6 Å². The lowest BCUT2D eigenvalue weighted by Gasteiger charge is -2.38. The van der Waals surface area contributed by atoms with Crippen LogP contribution in [0.25, 0.3) is 0 Å². The first-order chi connectivity index (χ1) is 9.79. The van der Waals surface area contributed by atoms with Crippen molar-refractivity contribution >= 4 is 17.4 Å². The van der Waals surface area contributed by atoms with Crippen molar-refractivity contribution in [3.63, 3.8) is 0 Å². The van der Waals surface area contributed by atoms with Gasteiger partial charge in [0.1, 0.15) is 5.82 Å². The van der Waals surface area contributed by atoms with Crippen molar-refractivity contribution in [3.8, 4) is 0 Å². The topological polar surface area (TPSA) is 28.2 Å². The molecule has 0 amide bonds. The second-order valence-electron chi connectivity index (χ2n) is 6.01. The van der Waals surface area contributed by atoms with E-state index in [9.17, 15) is 0 Å². The Kier molecular flexibility index (Phi) is 4.47. The van der Waals surface area contributed by atoms with Crippen LogP contribution in [0.15, 0.2) is 12.3 Å². The Balaban J connectivity index is 1.81. The van der Waals surface area contributed by atoms with Crippen LogP contribution in [0.4, 0.5) is 5.82 Å². The zero-order valence-electron chi connectivity index (χ0n) is 12.2. The van der Waals surface area contributed by atoms with Crippen molar-refractivity contribution in [2.75, 3.05) is 18.0 Å². The van der Waals surface area contributed by atoms with Crippen LogP contribution >= 0.6 is 11.6 Å². The molecule has 0 spiro atoms. The molecule has 110 valence electrons. The van der Waals surface area contributed by atoms with Gasteiger partial charge in [-0.2, -0.15) is 0 Å². The molecule has 2 atom stereocenters. The minimum absolute atomic E-state index is 0.712. The van der Waals surface area contributed by atoms with Gasteiger partial charge in [0, 0.05) is 25.3 Å². The van der Waals surface area contributed by atoms with E-state index >= 15 is 0 Å². The van der Waals surface area contributed by atoms with Crippen LogP contribution in [0.3, 0.4) is 0 Å². The van der Waals surface area contributed by atoms with Crippen LogP contribution < -0.4 is 10.2 Å². The molecule has 4 heteroatoms. The molecule has 2 aliphatic rings. The highest BCUT2D eigenvalue weighted by Gasteiger charge is 2.35. The summed E-state index contributed by atoms with van der Waals surface area (Å²) in [5, 5.41) is 4.12. The normalized spacial score (nSPS) is 25.8. The molecule has 0 radical (unpaired) electrons. The van der Waals surface area contributed by atoms with Gasteiger partial charge in [0.25, 0.3) is 0 Å². The molecule has 0 aromatic carbocycles. The van der Waals surface area contributed by atoms with Gasteiger partial charge >= 0.3 is 0 Å². The third-order valence-electron chi connectivity index (χ3n) is 4.77. The summed E-state index contributed by atoms with van der Waals surface area (Å²) in [6, 6.07) is 2.90. The van der Waals surface area contributed by atoms with Crippen molar-refractivity contribution in [2.45, 2.75) is 51.6 Å². The van der Waals surface area contributed by atoms with Gasteiger partial charge in [-0.3, -0.25) is 0 Å². The largest absolute Gasteiger partial charge is 0.353 e. The van der Waals surface area contributed by atoms with E-state index in [0.29, 0.717) is 6.04 Å². The van der Waals surface area contributed by atoms with E-state index in [2.05, 4.69) is 28.2 Å². The summed E-state index contributed by atoms with van der Waals surface area (Å²) in [7, 11) is 0. The van der Waals surface area contributed by atoms with E-state index in [1.54, 1.807) is 0 Å². The van der Waals surface area contributed by atoms with Gasteiger partial charge in [-0.25, -0.2) is 4.98 Å². The van der Waals surface area contributed by atoms with Gasteiger partial charge < -0.3 is 10.2 Å². The molecule has 2 heterocycles. The summed E-state index contributed by atoms with van der Waals surface area (Å²) in [6.07, 6.45) is 8.63. The fourth-order valence-corrected chi connectivity index (χ4v) is 3.93. The van der Waals surface area contributed by atoms with E-state index in [1.165, 1.54) is 37.7 Å². The number of hydrogen-bond donors (Lipinski definition) is 1. The van der Waals surface area contributed by atoms with Crippen LogP contribution in [-0.2, 0) is 6.54 Å². The zero-order chi connectivity index (χ0) is 13.9. The predicted molar refractivity (Wildman–Crippen MR) is 84.3 cm³/mol. The molecule has 1 aromatic heterocycles. The average molecular weight is 294 g/mol. The van der Waals surface area contributed by atoms with Crippen molar-refractivity contribution < 1.29 is 0 Å². The molecule has 1 aliphatic carbocycles. The molecule has 1 aromatic rings. The first-order valence-corrected chi connectivity index (χ1v) is 8.29. The number of nitrogens with one attached hydrogen (secondary N) is 1. The van der Waals surface area contributed by atoms with Gasteiger partial charge in [-0.1, -0.05) is 24.9 Å². The Morgan fingerprint density at radius 3 is 3.05 bits per heavy atom. The monoisotopic (exact) mass is 293 g/mol.